The van der Waals surface area contributed by atoms with E-state index in [9.17, 15) is 9.90 Å². The lowest BCUT2D eigenvalue weighted by Crippen LogP contribution is -2.06. The number of nitrogens with one attached hydrogen (secondary N) is 1. The first-order chi connectivity index (χ1) is 11.8. The molecule has 132 valence electrons. The number of hydrogen-bond donors (Lipinski definition) is 3. The van der Waals surface area contributed by atoms with E-state index < -0.39 is 11.7 Å². The Morgan fingerprint density at radius 3 is 2.56 bits per heavy atom. The van der Waals surface area contributed by atoms with E-state index in [0.717, 1.165) is 0 Å². The van der Waals surface area contributed by atoms with Crippen LogP contribution in [0.5, 0.6) is 11.5 Å². The van der Waals surface area contributed by atoms with Crippen molar-refractivity contribution in [3.05, 3.63) is 44.7 Å². The van der Waals surface area contributed by atoms with Crippen molar-refractivity contribution < 1.29 is 19.7 Å². The van der Waals surface area contributed by atoms with E-state index >= 15 is 0 Å². The topological polar surface area (TPSA) is 104 Å². The van der Waals surface area contributed by atoms with Crippen molar-refractivity contribution in [3.63, 3.8) is 0 Å². The van der Waals surface area contributed by atoms with Gasteiger partial charge in [0, 0.05) is 5.56 Å². The molecule has 0 atom stereocenters. The van der Waals surface area contributed by atoms with Crippen LogP contribution in [0.4, 0.5) is 5.69 Å². The second-order valence-corrected chi connectivity index (χ2v) is 5.87. The van der Waals surface area contributed by atoms with Crippen LogP contribution in [0.25, 0.3) is 0 Å². The van der Waals surface area contributed by atoms with Gasteiger partial charge in [0.1, 0.15) is 21.5 Å². The Hall–Kier alpha value is -2.22. The number of phenolic OH excluding ortho intramolecular Hbond substituents is 1. The molecule has 2 rings (SSSR count). The molecule has 2 aromatic rings. The van der Waals surface area contributed by atoms with Crippen molar-refractivity contribution in [2.45, 2.75) is 6.92 Å². The molecule has 0 radical (unpaired) electrons. The number of halogens is 3. The fraction of sp³-hybridized carbons (Fsp3) is 0.133. The van der Waals surface area contributed by atoms with Gasteiger partial charge in [0.05, 0.1) is 18.5 Å². The normalized spacial score (nSPS) is 11.3. The highest BCUT2D eigenvalue weighted by atomic mass is 35.5. The summed E-state index contributed by atoms with van der Waals surface area (Å²) in [6, 6.07) is 4.63. The van der Waals surface area contributed by atoms with Crippen LogP contribution in [0.1, 0.15) is 23.0 Å². The first-order valence-electron chi connectivity index (χ1n) is 6.71. The van der Waals surface area contributed by atoms with Gasteiger partial charge >= 0.3 is 5.97 Å². The molecule has 0 bridgehead atoms. The number of aromatic nitrogens is 1. The Bertz CT molecular complexity index is 872. The average molecular weight is 405 g/mol. The van der Waals surface area contributed by atoms with Gasteiger partial charge in [0.15, 0.2) is 10.8 Å². The maximum absolute atomic E-state index is 11.2. The van der Waals surface area contributed by atoms with Crippen molar-refractivity contribution in [2.75, 3.05) is 12.5 Å². The smallest absolute Gasteiger partial charge is 0.356 e. The van der Waals surface area contributed by atoms with E-state index in [1.165, 1.54) is 13.2 Å². The van der Waals surface area contributed by atoms with Gasteiger partial charge in [-0.1, -0.05) is 34.8 Å². The molecule has 0 aliphatic heterocycles. The largest absolute Gasteiger partial charge is 0.507 e. The van der Waals surface area contributed by atoms with Gasteiger partial charge in [-0.2, -0.15) is 5.10 Å². The third-order valence-corrected chi connectivity index (χ3v) is 4.28. The van der Waals surface area contributed by atoms with Crippen LogP contribution in [0, 0.1) is 0 Å². The molecule has 7 nitrogen and oxygen atoms in total. The zero-order valence-corrected chi connectivity index (χ0v) is 15.2. The predicted octanol–water partition coefficient (Wildman–Crippen LogP) is 4.29. The van der Waals surface area contributed by atoms with Crippen LogP contribution in [0.2, 0.25) is 15.2 Å². The number of benzene rings is 1. The van der Waals surface area contributed by atoms with Crippen molar-refractivity contribution in [1.29, 1.82) is 0 Å². The summed E-state index contributed by atoms with van der Waals surface area (Å²) in [7, 11) is 1.49. The maximum Gasteiger partial charge on any atom is 0.356 e. The summed E-state index contributed by atoms with van der Waals surface area (Å²) < 4.78 is 5.10. The molecule has 0 aliphatic carbocycles. The first-order valence-corrected chi connectivity index (χ1v) is 7.85. The summed E-state index contributed by atoms with van der Waals surface area (Å²) in [4.78, 5) is 14.8. The minimum atomic E-state index is -1.36. The van der Waals surface area contributed by atoms with E-state index in [2.05, 4.69) is 15.5 Å². The van der Waals surface area contributed by atoms with Crippen LogP contribution in [-0.4, -0.2) is 34.0 Å². The molecule has 1 aromatic carbocycles. The number of aromatic hydroxyl groups is 1. The molecule has 3 N–H and O–H groups in total. The summed E-state index contributed by atoms with van der Waals surface area (Å²) in [6.45, 7) is 1.62. The molecule has 0 saturated carbocycles. The fourth-order valence-corrected chi connectivity index (χ4v) is 2.55. The summed E-state index contributed by atoms with van der Waals surface area (Å²) in [5.74, 6) is -0.851. The van der Waals surface area contributed by atoms with E-state index in [1.54, 1.807) is 19.1 Å². The number of ether oxygens (including phenoxy) is 1. The fourth-order valence-electron chi connectivity index (χ4n) is 1.89. The van der Waals surface area contributed by atoms with Gasteiger partial charge < -0.3 is 14.9 Å². The summed E-state index contributed by atoms with van der Waals surface area (Å²) in [6.07, 6.45) is 0. The van der Waals surface area contributed by atoms with Crippen molar-refractivity contribution in [3.8, 4) is 11.5 Å². The molecule has 0 amide bonds. The summed E-state index contributed by atoms with van der Waals surface area (Å²) in [5, 5.41) is 22.5. The first kappa shape index (κ1) is 19.1. The van der Waals surface area contributed by atoms with E-state index in [-0.39, 0.29) is 26.6 Å². The number of methoxy groups -OCH3 is 1. The van der Waals surface area contributed by atoms with Gasteiger partial charge in [-0.15, -0.1) is 0 Å². The number of aromatic carboxylic acids is 1. The number of hydrazone groups is 1. The lowest BCUT2D eigenvalue weighted by atomic mass is 10.1. The van der Waals surface area contributed by atoms with Gasteiger partial charge in [-0.25, -0.2) is 9.78 Å². The molecule has 10 heteroatoms. The van der Waals surface area contributed by atoms with Gasteiger partial charge in [0.25, 0.3) is 0 Å². The maximum atomic E-state index is 11.2. The van der Waals surface area contributed by atoms with Crippen molar-refractivity contribution in [2.24, 2.45) is 5.10 Å². The van der Waals surface area contributed by atoms with Crippen LogP contribution >= 0.6 is 34.8 Å². The van der Waals surface area contributed by atoms with Crippen LogP contribution in [-0.2, 0) is 0 Å². The molecule has 1 heterocycles. The number of phenols is 1. The minimum Gasteiger partial charge on any atom is -0.507 e. The molecule has 1 aromatic heterocycles. The molecule has 25 heavy (non-hydrogen) atoms. The zero-order chi connectivity index (χ0) is 18.7. The van der Waals surface area contributed by atoms with E-state index in [4.69, 9.17) is 44.6 Å². The van der Waals surface area contributed by atoms with E-state index in [1.807, 2.05) is 0 Å². The highest BCUT2D eigenvalue weighted by molar-refractivity contribution is 6.46. The average Bonchev–Trinajstić information content (AvgIpc) is 2.58. The highest BCUT2D eigenvalue weighted by Crippen LogP contribution is 2.37. The Balaban J connectivity index is 2.44. The number of nitrogens with zero attached hydrogens (tertiary/aromatic N) is 2. The zero-order valence-electron chi connectivity index (χ0n) is 13.0. The number of hydrogen-bond acceptors (Lipinski definition) is 6. The molecule has 0 unspecified atom stereocenters. The lowest BCUT2D eigenvalue weighted by Gasteiger charge is -2.11. The Kier molecular flexibility index (Phi) is 5.94. The van der Waals surface area contributed by atoms with Crippen LogP contribution < -0.4 is 10.2 Å². The Labute approximate surface area is 157 Å². The molecular formula is C15H12Cl3N3O4. The van der Waals surface area contributed by atoms with E-state index in [0.29, 0.717) is 17.0 Å². The predicted molar refractivity (Wildman–Crippen MR) is 96.7 cm³/mol. The van der Waals surface area contributed by atoms with Crippen molar-refractivity contribution >= 4 is 52.2 Å². The molecule has 0 spiro atoms. The van der Waals surface area contributed by atoms with Crippen LogP contribution in [0.15, 0.2) is 23.3 Å². The second-order valence-electron chi connectivity index (χ2n) is 4.75. The third-order valence-electron chi connectivity index (χ3n) is 3.17. The molecular weight excluding hydrogens is 393 g/mol. The number of pyridine rings is 1. The number of anilines is 1. The Morgan fingerprint density at radius 2 is 1.96 bits per heavy atom. The minimum absolute atomic E-state index is 0.0116. The third kappa shape index (κ3) is 4.07. The number of carboxylic acids is 1. The summed E-state index contributed by atoms with van der Waals surface area (Å²) in [5.41, 5.74) is 2.86. The number of carbonyl (C=O) groups is 1. The van der Waals surface area contributed by atoms with Gasteiger partial charge in [-0.3, -0.25) is 5.43 Å². The van der Waals surface area contributed by atoms with Crippen molar-refractivity contribution in [1.82, 2.24) is 4.98 Å². The monoisotopic (exact) mass is 403 g/mol. The molecule has 0 fully saturated rings. The summed E-state index contributed by atoms with van der Waals surface area (Å²) >= 11 is 17.8. The van der Waals surface area contributed by atoms with Gasteiger partial charge in [-0.05, 0) is 25.1 Å². The number of carboxylic acid groups (broad SMARTS) is 1. The van der Waals surface area contributed by atoms with Crippen LogP contribution in [0.3, 0.4) is 0 Å². The molecule has 0 saturated heterocycles. The quantitative estimate of drug-likeness (QED) is 0.390. The van der Waals surface area contributed by atoms with Gasteiger partial charge in [0.2, 0.25) is 0 Å². The number of rotatable bonds is 5. The molecule has 0 aliphatic rings. The SMILES string of the molecule is COc1ccc(O)c(/C(C)=N/Nc2c(Cl)c(Cl)nc(C(=O)O)c2Cl)c1. The standard InChI is InChI=1S/C15H12Cl3N3O4/c1-6(8-5-7(25-2)3-4-9(8)22)20-21-12-10(16)13(15(23)24)19-14(18)11(12)17/h3-5,22H,1-2H3,(H,19,21)(H,23,24)/b20-6+. The highest BCUT2D eigenvalue weighted by Gasteiger charge is 2.21. The second kappa shape index (κ2) is 7.77. The lowest BCUT2D eigenvalue weighted by molar-refractivity contribution is 0.0691. The Morgan fingerprint density at radius 1 is 1.28 bits per heavy atom.